The molecule has 0 saturated carbocycles. The number of nitrogens with zero attached hydrogens (tertiary/aromatic N) is 2. The average Bonchev–Trinajstić information content (AvgIpc) is 2.99. The molecule has 0 spiro atoms. The SMILES string of the molecule is CCCCC(=O)N=C1S[C@@H]2CS(=O)(=O)C[C@H]2N1c1ccc(C)c(C)c1. The van der Waals surface area contributed by atoms with Gasteiger partial charge in [0.05, 0.1) is 17.5 Å². The van der Waals surface area contributed by atoms with Crippen molar-refractivity contribution in [2.75, 3.05) is 16.4 Å². The number of anilines is 1. The summed E-state index contributed by atoms with van der Waals surface area (Å²) < 4.78 is 24.1. The van der Waals surface area contributed by atoms with Gasteiger partial charge in [-0.25, -0.2) is 8.42 Å². The lowest BCUT2D eigenvalue weighted by Gasteiger charge is -2.25. The normalized spacial score (nSPS) is 26.2. The number of hydrogen-bond acceptors (Lipinski definition) is 4. The van der Waals surface area contributed by atoms with Crippen LogP contribution in [0.1, 0.15) is 37.3 Å². The molecule has 2 heterocycles. The number of amidine groups is 1. The number of benzene rings is 1. The van der Waals surface area contributed by atoms with Crippen molar-refractivity contribution < 1.29 is 13.2 Å². The molecule has 1 aromatic carbocycles. The molecule has 0 aromatic heterocycles. The van der Waals surface area contributed by atoms with E-state index in [1.54, 1.807) is 0 Å². The molecule has 0 unspecified atom stereocenters. The smallest absolute Gasteiger partial charge is 0.248 e. The molecule has 2 aliphatic heterocycles. The molecule has 2 atom stereocenters. The second kappa shape index (κ2) is 7.11. The quantitative estimate of drug-likeness (QED) is 0.803. The Labute approximate surface area is 153 Å². The van der Waals surface area contributed by atoms with Crippen molar-refractivity contribution in [2.45, 2.75) is 51.3 Å². The fourth-order valence-corrected chi connectivity index (χ4v) is 7.16. The average molecular weight is 381 g/mol. The van der Waals surface area contributed by atoms with E-state index in [1.165, 1.54) is 17.3 Å². The van der Waals surface area contributed by atoms with Gasteiger partial charge < -0.3 is 4.90 Å². The van der Waals surface area contributed by atoms with Crippen LogP contribution >= 0.6 is 11.8 Å². The van der Waals surface area contributed by atoms with Crippen LogP contribution in [0.5, 0.6) is 0 Å². The van der Waals surface area contributed by atoms with Gasteiger partial charge >= 0.3 is 0 Å². The Balaban J connectivity index is 1.96. The number of carbonyl (C=O) groups is 1. The van der Waals surface area contributed by atoms with Crippen molar-refractivity contribution in [1.29, 1.82) is 0 Å². The highest BCUT2D eigenvalue weighted by Gasteiger charge is 2.49. The lowest BCUT2D eigenvalue weighted by Crippen LogP contribution is -2.37. The van der Waals surface area contributed by atoms with Gasteiger partial charge in [-0.05, 0) is 43.5 Å². The molecule has 2 saturated heterocycles. The number of rotatable bonds is 4. The lowest BCUT2D eigenvalue weighted by molar-refractivity contribution is -0.117. The highest BCUT2D eigenvalue weighted by molar-refractivity contribution is 8.16. The van der Waals surface area contributed by atoms with Gasteiger partial charge in [0.1, 0.15) is 0 Å². The van der Waals surface area contributed by atoms with Crippen LogP contribution < -0.4 is 4.90 Å². The van der Waals surface area contributed by atoms with Crippen LogP contribution in [0.2, 0.25) is 0 Å². The van der Waals surface area contributed by atoms with Crippen LogP contribution in [0.15, 0.2) is 23.2 Å². The monoisotopic (exact) mass is 380 g/mol. The van der Waals surface area contributed by atoms with Gasteiger partial charge in [-0.3, -0.25) is 4.79 Å². The molecule has 1 aromatic rings. The first-order valence-electron chi connectivity index (χ1n) is 8.66. The van der Waals surface area contributed by atoms with Gasteiger partial charge in [-0.1, -0.05) is 31.2 Å². The third kappa shape index (κ3) is 3.92. The van der Waals surface area contributed by atoms with Crippen LogP contribution in [0.25, 0.3) is 0 Å². The zero-order valence-corrected chi connectivity index (χ0v) is 16.5. The van der Waals surface area contributed by atoms with Gasteiger partial charge in [0.2, 0.25) is 5.91 Å². The van der Waals surface area contributed by atoms with Crippen LogP contribution in [0, 0.1) is 13.8 Å². The molecule has 136 valence electrons. The molecule has 25 heavy (non-hydrogen) atoms. The van der Waals surface area contributed by atoms with Crippen LogP contribution in [0.3, 0.4) is 0 Å². The minimum atomic E-state index is -3.03. The number of unbranched alkanes of at least 4 members (excludes halogenated alkanes) is 1. The summed E-state index contributed by atoms with van der Waals surface area (Å²) in [4.78, 5) is 18.5. The predicted octanol–water partition coefficient (Wildman–Crippen LogP) is 3.10. The van der Waals surface area contributed by atoms with Gasteiger partial charge in [0, 0.05) is 17.4 Å². The maximum atomic E-state index is 12.2. The van der Waals surface area contributed by atoms with E-state index in [2.05, 4.69) is 11.1 Å². The molecule has 5 nitrogen and oxygen atoms in total. The highest BCUT2D eigenvalue weighted by atomic mass is 32.2. The molecular weight excluding hydrogens is 356 g/mol. The molecule has 2 fully saturated rings. The number of amides is 1. The fourth-order valence-electron chi connectivity index (χ4n) is 3.23. The van der Waals surface area contributed by atoms with E-state index >= 15 is 0 Å². The molecule has 7 heteroatoms. The number of sulfone groups is 1. The molecule has 0 N–H and O–H groups in total. The lowest BCUT2D eigenvalue weighted by atomic mass is 10.1. The van der Waals surface area contributed by atoms with E-state index in [-0.39, 0.29) is 28.7 Å². The maximum absolute atomic E-state index is 12.2. The minimum absolute atomic E-state index is 0.0515. The van der Waals surface area contributed by atoms with Crippen molar-refractivity contribution in [3.63, 3.8) is 0 Å². The Kier molecular flexibility index (Phi) is 5.25. The van der Waals surface area contributed by atoms with Gasteiger partial charge in [-0.2, -0.15) is 4.99 Å². The first-order valence-corrected chi connectivity index (χ1v) is 11.4. The number of carbonyl (C=O) groups excluding carboxylic acids is 1. The Morgan fingerprint density at radius 1 is 1.28 bits per heavy atom. The predicted molar refractivity (Wildman–Crippen MR) is 104 cm³/mol. The summed E-state index contributed by atoms with van der Waals surface area (Å²) in [6.07, 6.45) is 2.22. The largest absolute Gasteiger partial charge is 0.316 e. The summed E-state index contributed by atoms with van der Waals surface area (Å²) in [5.74, 6) is 0.159. The van der Waals surface area contributed by atoms with Gasteiger partial charge in [0.25, 0.3) is 0 Å². The number of aliphatic imine (C=N–C) groups is 1. The van der Waals surface area contributed by atoms with E-state index in [1.807, 2.05) is 37.8 Å². The number of fused-ring (bicyclic) bond motifs is 1. The first-order chi connectivity index (χ1) is 11.8. The van der Waals surface area contributed by atoms with Gasteiger partial charge in [0.15, 0.2) is 15.0 Å². The second-order valence-electron chi connectivity index (χ2n) is 6.83. The highest BCUT2D eigenvalue weighted by Crippen LogP contribution is 2.41. The molecule has 0 radical (unpaired) electrons. The van der Waals surface area contributed by atoms with Gasteiger partial charge in [-0.15, -0.1) is 0 Å². The minimum Gasteiger partial charge on any atom is -0.316 e. The zero-order valence-electron chi connectivity index (χ0n) is 14.9. The second-order valence-corrected chi connectivity index (χ2v) is 10.2. The van der Waals surface area contributed by atoms with Crippen molar-refractivity contribution in [2.24, 2.45) is 4.99 Å². The number of hydrogen-bond donors (Lipinski definition) is 0. The van der Waals surface area contributed by atoms with Crippen LogP contribution in [-0.2, 0) is 14.6 Å². The maximum Gasteiger partial charge on any atom is 0.248 e. The summed E-state index contributed by atoms with van der Waals surface area (Å²) in [5.41, 5.74) is 3.24. The van der Waals surface area contributed by atoms with E-state index < -0.39 is 9.84 Å². The molecule has 3 rings (SSSR count). The Morgan fingerprint density at radius 2 is 2.04 bits per heavy atom. The standard InChI is InChI=1S/C18H24N2O3S2/c1-4-5-6-17(21)19-18-20(14-8-7-12(2)13(3)9-14)15-10-25(22,23)11-16(15)24-18/h7-9,15-16H,4-6,10-11H2,1-3H3/t15-,16-/m1/s1. The molecule has 1 amide bonds. The number of aryl methyl sites for hydroxylation is 2. The van der Waals surface area contributed by atoms with Crippen molar-refractivity contribution in [1.82, 2.24) is 0 Å². The van der Waals surface area contributed by atoms with E-state index in [4.69, 9.17) is 0 Å². The summed E-state index contributed by atoms with van der Waals surface area (Å²) in [6, 6.07) is 5.93. The van der Waals surface area contributed by atoms with Crippen LogP contribution in [-0.4, -0.2) is 42.3 Å². The fraction of sp³-hybridized carbons (Fsp3) is 0.556. The Morgan fingerprint density at radius 3 is 2.72 bits per heavy atom. The summed E-state index contributed by atoms with van der Waals surface area (Å²) in [7, 11) is -3.03. The van der Waals surface area contributed by atoms with E-state index in [0.29, 0.717) is 11.6 Å². The zero-order chi connectivity index (χ0) is 18.2. The Bertz CT molecular complexity index is 818. The van der Waals surface area contributed by atoms with E-state index in [9.17, 15) is 13.2 Å². The molecule has 0 aliphatic carbocycles. The third-order valence-corrected chi connectivity index (χ3v) is 8.01. The first kappa shape index (κ1) is 18.5. The van der Waals surface area contributed by atoms with Crippen molar-refractivity contribution in [3.8, 4) is 0 Å². The number of thioether (sulfide) groups is 1. The van der Waals surface area contributed by atoms with Crippen molar-refractivity contribution in [3.05, 3.63) is 29.3 Å². The summed E-state index contributed by atoms with van der Waals surface area (Å²) in [6.45, 7) is 6.12. The van der Waals surface area contributed by atoms with E-state index in [0.717, 1.165) is 24.1 Å². The summed E-state index contributed by atoms with van der Waals surface area (Å²) in [5, 5.41) is 0.596. The molecule has 0 bridgehead atoms. The Hall–Kier alpha value is -1.34. The molecular formula is C18H24N2O3S2. The van der Waals surface area contributed by atoms with Crippen LogP contribution in [0.4, 0.5) is 5.69 Å². The third-order valence-electron chi connectivity index (χ3n) is 4.80. The molecule has 2 aliphatic rings. The summed E-state index contributed by atoms with van der Waals surface area (Å²) >= 11 is 1.43. The topological polar surface area (TPSA) is 66.8 Å². The van der Waals surface area contributed by atoms with Crippen molar-refractivity contribution >= 4 is 38.4 Å².